The number of nitrogens with one attached hydrogen (secondary N) is 1. The van der Waals surface area contributed by atoms with E-state index < -0.39 is 11.5 Å². The van der Waals surface area contributed by atoms with Gasteiger partial charge in [0.15, 0.2) is 5.69 Å². The summed E-state index contributed by atoms with van der Waals surface area (Å²) in [5, 5.41) is 17.1. The van der Waals surface area contributed by atoms with Crippen molar-refractivity contribution in [3.63, 3.8) is 0 Å². The highest BCUT2D eigenvalue weighted by Crippen LogP contribution is 2.28. The van der Waals surface area contributed by atoms with Gasteiger partial charge in [-0.3, -0.25) is 14.9 Å². The highest BCUT2D eigenvalue weighted by molar-refractivity contribution is 5.98. The number of aliphatic hydroxyl groups is 1. The first-order chi connectivity index (χ1) is 15.6. The standard InChI is InChI=1S/C27H28N4O2/c1-16-22(27(3,4)33)13-14-23(29-16)20-9-5-18(6-10-20)15-19-7-11-21(12-8-19)24-17(2)30-31-25(24)26(28)32/h5-14,33H,15H2,1-4H3,(H2,28,32)(H,30,31). The van der Waals surface area contributed by atoms with Crippen molar-refractivity contribution < 1.29 is 9.90 Å². The molecule has 0 unspecified atom stereocenters. The lowest BCUT2D eigenvalue weighted by atomic mass is 9.95. The molecule has 1 amide bonds. The summed E-state index contributed by atoms with van der Waals surface area (Å²) in [4.78, 5) is 16.3. The van der Waals surface area contributed by atoms with Crippen molar-refractivity contribution in [1.82, 2.24) is 15.2 Å². The first-order valence-electron chi connectivity index (χ1n) is 10.9. The molecule has 0 fully saturated rings. The largest absolute Gasteiger partial charge is 0.386 e. The highest BCUT2D eigenvalue weighted by atomic mass is 16.3. The van der Waals surface area contributed by atoms with E-state index in [1.165, 1.54) is 5.56 Å². The Bertz CT molecular complexity index is 1300. The van der Waals surface area contributed by atoms with Crippen molar-refractivity contribution in [1.29, 1.82) is 0 Å². The summed E-state index contributed by atoms with van der Waals surface area (Å²) >= 11 is 0. The molecule has 6 heteroatoms. The molecule has 6 nitrogen and oxygen atoms in total. The predicted octanol–water partition coefficient (Wildman–Crippen LogP) is 4.67. The molecule has 0 saturated heterocycles. The van der Waals surface area contributed by atoms with E-state index in [9.17, 15) is 9.90 Å². The third-order valence-corrected chi connectivity index (χ3v) is 5.83. The fraction of sp³-hybridized carbons (Fsp3) is 0.222. The molecule has 2 aromatic heterocycles. The number of H-pyrrole nitrogens is 1. The van der Waals surface area contributed by atoms with E-state index in [2.05, 4.69) is 51.6 Å². The van der Waals surface area contributed by atoms with Crippen LogP contribution in [0.3, 0.4) is 0 Å². The number of benzene rings is 2. The molecule has 168 valence electrons. The lowest BCUT2D eigenvalue weighted by molar-refractivity contribution is 0.0775. The van der Waals surface area contributed by atoms with Gasteiger partial charge in [-0.25, -0.2) is 0 Å². The molecule has 0 aliphatic carbocycles. The summed E-state index contributed by atoms with van der Waals surface area (Å²) in [6, 6.07) is 20.3. The van der Waals surface area contributed by atoms with E-state index in [4.69, 9.17) is 5.73 Å². The maximum absolute atomic E-state index is 11.6. The maximum atomic E-state index is 11.6. The fourth-order valence-corrected chi connectivity index (χ4v) is 4.15. The van der Waals surface area contributed by atoms with E-state index in [-0.39, 0.29) is 5.69 Å². The Kier molecular flexibility index (Phi) is 5.87. The Hall–Kier alpha value is -3.77. The molecule has 0 aliphatic heterocycles. The molecule has 2 heterocycles. The number of pyridine rings is 1. The van der Waals surface area contributed by atoms with Crippen LogP contribution in [0.2, 0.25) is 0 Å². The number of rotatable bonds is 6. The number of carbonyl (C=O) groups is 1. The minimum atomic E-state index is -0.910. The Labute approximate surface area is 193 Å². The van der Waals surface area contributed by atoms with Crippen molar-refractivity contribution in [2.24, 2.45) is 5.73 Å². The van der Waals surface area contributed by atoms with Gasteiger partial charge in [0, 0.05) is 28.1 Å². The lowest BCUT2D eigenvalue weighted by Gasteiger charge is -2.20. The second-order valence-corrected chi connectivity index (χ2v) is 8.90. The van der Waals surface area contributed by atoms with Crippen molar-refractivity contribution >= 4 is 5.91 Å². The summed E-state index contributed by atoms with van der Waals surface area (Å²) < 4.78 is 0. The van der Waals surface area contributed by atoms with Crippen molar-refractivity contribution in [2.45, 2.75) is 39.7 Å². The fourth-order valence-electron chi connectivity index (χ4n) is 4.15. The molecular formula is C27H28N4O2. The number of aromatic amines is 1. The molecule has 0 saturated carbocycles. The van der Waals surface area contributed by atoms with Gasteiger partial charge in [0.1, 0.15) is 0 Å². The van der Waals surface area contributed by atoms with Crippen LogP contribution < -0.4 is 5.73 Å². The van der Waals surface area contributed by atoms with Crippen LogP contribution in [0, 0.1) is 13.8 Å². The van der Waals surface area contributed by atoms with Crippen LogP contribution in [0.15, 0.2) is 60.7 Å². The minimum Gasteiger partial charge on any atom is -0.386 e. The second kappa shape index (κ2) is 8.64. The molecular weight excluding hydrogens is 412 g/mol. The molecule has 33 heavy (non-hydrogen) atoms. The van der Waals surface area contributed by atoms with Crippen molar-refractivity contribution in [3.05, 3.63) is 94.4 Å². The van der Waals surface area contributed by atoms with Gasteiger partial charge in [0.2, 0.25) is 0 Å². The zero-order chi connectivity index (χ0) is 23.8. The first kappa shape index (κ1) is 22.4. The van der Waals surface area contributed by atoms with Gasteiger partial charge in [-0.2, -0.15) is 5.10 Å². The van der Waals surface area contributed by atoms with Gasteiger partial charge >= 0.3 is 0 Å². The van der Waals surface area contributed by atoms with Gasteiger partial charge in [-0.05, 0) is 56.9 Å². The zero-order valence-corrected chi connectivity index (χ0v) is 19.3. The van der Waals surface area contributed by atoms with Gasteiger partial charge in [-0.1, -0.05) is 54.6 Å². The van der Waals surface area contributed by atoms with Crippen LogP contribution in [-0.4, -0.2) is 26.2 Å². The number of carbonyl (C=O) groups excluding carboxylic acids is 1. The Morgan fingerprint density at radius 2 is 1.52 bits per heavy atom. The summed E-state index contributed by atoms with van der Waals surface area (Å²) in [6.45, 7) is 7.33. The highest BCUT2D eigenvalue weighted by Gasteiger charge is 2.19. The Morgan fingerprint density at radius 1 is 0.939 bits per heavy atom. The number of primary amides is 1. The quantitative estimate of drug-likeness (QED) is 0.405. The summed E-state index contributed by atoms with van der Waals surface area (Å²) in [7, 11) is 0. The van der Waals surface area contributed by atoms with Crippen LogP contribution in [0.4, 0.5) is 0 Å². The van der Waals surface area contributed by atoms with E-state index in [0.29, 0.717) is 0 Å². The minimum absolute atomic E-state index is 0.260. The number of amides is 1. The predicted molar refractivity (Wildman–Crippen MR) is 130 cm³/mol. The third kappa shape index (κ3) is 4.71. The molecule has 4 N–H and O–H groups in total. The van der Waals surface area contributed by atoms with E-state index in [0.717, 1.165) is 51.3 Å². The molecule has 0 aliphatic rings. The smallest absolute Gasteiger partial charge is 0.269 e. The molecule has 0 radical (unpaired) electrons. The first-order valence-corrected chi connectivity index (χ1v) is 10.9. The second-order valence-electron chi connectivity index (χ2n) is 8.90. The maximum Gasteiger partial charge on any atom is 0.269 e. The number of aromatic nitrogens is 3. The van der Waals surface area contributed by atoms with Crippen LogP contribution in [0.5, 0.6) is 0 Å². The average molecular weight is 441 g/mol. The molecule has 0 bridgehead atoms. The van der Waals surface area contributed by atoms with Gasteiger partial charge < -0.3 is 10.8 Å². The number of nitrogens with zero attached hydrogens (tertiary/aromatic N) is 2. The van der Waals surface area contributed by atoms with Crippen molar-refractivity contribution in [2.75, 3.05) is 0 Å². The molecule has 4 aromatic rings. The molecule has 0 atom stereocenters. The van der Waals surface area contributed by atoms with Gasteiger partial charge in [0.05, 0.1) is 11.3 Å². The lowest BCUT2D eigenvalue weighted by Crippen LogP contribution is -2.17. The SMILES string of the molecule is Cc1nc(-c2ccc(Cc3ccc(-c4c(C(N)=O)n[nH]c4C)cc3)cc2)ccc1C(C)(C)O. The van der Waals surface area contributed by atoms with E-state index in [1.54, 1.807) is 13.8 Å². The number of aryl methyl sites for hydroxylation is 2. The molecule has 0 spiro atoms. The summed E-state index contributed by atoms with van der Waals surface area (Å²) in [5.74, 6) is -0.544. The Morgan fingerprint density at radius 3 is 2.03 bits per heavy atom. The van der Waals surface area contributed by atoms with E-state index >= 15 is 0 Å². The number of hydrogen-bond donors (Lipinski definition) is 3. The van der Waals surface area contributed by atoms with Crippen LogP contribution in [0.25, 0.3) is 22.4 Å². The normalized spacial score (nSPS) is 11.5. The van der Waals surface area contributed by atoms with Crippen LogP contribution in [-0.2, 0) is 12.0 Å². The number of nitrogens with two attached hydrogens (primary N) is 1. The zero-order valence-electron chi connectivity index (χ0n) is 19.3. The van der Waals surface area contributed by atoms with Crippen LogP contribution >= 0.6 is 0 Å². The third-order valence-electron chi connectivity index (χ3n) is 5.83. The Balaban J connectivity index is 1.51. The van der Waals surface area contributed by atoms with Gasteiger partial charge in [-0.15, -0.1) is 0 Å². The average Bonchev–Trinajstić information content (AvgIpc) is 3.15. The summed E-state index contributed by atoms with van der Waals surface area (Å²) in [5.41, 5.74) is 13.2. The van der Waals surface area contributed by atoms with Crippen LogP contribution in [0.1, 0.15) is 52.4 Å². The van der Waals surface area contributed by atoms with E-state index in [1.807, 2.05) is 38.1 Å². The number of hydrogen-bond acceptors (Lipinski definition) is 4. The van der Waals surface area contributed by atoms with Gasteiger partial charge in [0.25, 0.3) is 5.91 Å². The topological polar surface area (TPSA) is 105 Å². The summed E-state index contributed by atoms with van der Waals surface area (Å²) in [6.07, 6.45) is 0.789. The molecule has 2 aromatic carbocycles. The molecule has 4 rings (SSSR count). The monoisotopic (exact) mass is 440 g/mol. The van der Waals surface area contributed by atoms with Crippen molar-refractivity contribution in [3.8, 4) is 22.4 Å².